The van der Waals surface area contributed by atoms with Crippen molar-refractivity contribution in [2.75, 3.05) is 78.5 Å². The molecule has 1 unspecified atom stereocenters. The summed E-state index contributed by atoms with van der Waals surface area (Å²) < 4.78 is 1.28. The van der Waals surface area contributed by atoms with Crippen LogP contribution in [0.3, 0.4) is 0 Å². The quantitative estimate of drug-likeness (QED) is 0.475. The largest absolute Gasteiger partial charge is 0.347 e. The fourth-order valence-corrected chi connectivity index (χ4v) is 5.44. The molecule has 5 N–H and O–H groups in total. The third-order valence-electron chi connectivity index (χ3n) is 6.79. The van der Waals surface area contributed by atoms with Gasteiger partial charge in [-0.2, -0.15) is 0 Å². The van der Waals surface area contributed by atoms with Gasteiger partial charge in [0.05, 0.1) is 37.1 Å². The number of hydrogen-bond acceptors (Lipinski definition) is 5. The highest BCUT2D eigenvalue weighted by molar-refractivity contribution is 5.76. The van der Waals surface area contributed by atoms with Gasteiger partial charge in [0.1, 0.15) is 0 Å². The van der Waals surface area contributed by atoms with Gasteiger partial charge in [0.2, 0.25) is 5.91 Å². The lowest BCUT2D eigenvalue weighted by molar-refractivity contribution is -0.986. The molecule has 0 radical (unpaired) electrons. The number of nitrogens with zero attached hydrogens (tertiary/aromatic N) is 2. The molecule has 5 heterocycles. The van der Waals surface area contributed by atoms with E-state index >= 15 is 0 Å². The summed E-state index contributed by atoms with van der Waals surface area (Å²) >= 11 is 0. The number of carbonyl (C=O) groups excluding carboxylic acids is 1. The van der Waals surface area contributed by atoms with Crippen LogP contribution in [0.5, 0.6) is 0 Å². The van der Waals surface area contributed by atoms with Crippen LogP contribution in [0.15, 0.2) is 0 Å². The first-order chi connectivity index (χ1) is 12.9. The molecule has 156 valence electrons. The summed E-state index contributed by atoms with van der Waals surface area (Å²) in [6.45, 7) is 16.9. The maximum Gasteiger partial charge on any atom is 0.220 e. The molecule has 5 aliphatic rings. The van der Waals surface area contributed by atoms with E-state index in [0.29, 0.717) is 18.4 Å². The molecule has 7 nitrogen and oxygen atoms in total. The lowest BCUT2D eigenvalue weighted by Crippen LogP contribution is -2.76. The fraction of sp³-hybridized carbons (Fsp3) is 0.950. The maximum atomic E-state index is 12.5. The number of fused-ring (bicyclic) bond motifs is 1. The van der Waals surface area contributed by atoms with Gasteiger partial charge in [-0.15, -0.1) is 0 Å². The van der Waals surface area contributed by atoms with Gasteiger partial charge < -0.3 is 26.2 Å². The third-order valence-corrected chi connectivity index (χ3v) is 6.79. The van der Waals surface area contributed by atoms with Gasteiger partial charge >= 0.3 is 0 Å². The zero-order chi connectivity index (χ0) is 19.4. The first kappa shape index (κ1) is 21.0. The molecule has 5 aliphatic heterocycles. The zero-order valence-electron chi connectivity index (χ0n) is 17.5. The Kier molecular flexibility index (Phi) is 6.79. The van der Waals surface area contributed by atoms with Crippen LogP contribution >= 0.6 is 0 Å². The molecule has 3 bridgehead atoms. The number of piperazine rings is 1. The number of rotatable bonds is 5. The van der Waals surface area contributed by atoms with E-state index in [0.717, 1.165) is 58.7 Å². The van der Waals surface area contributed by atoms with Gasteiger partial charge in [0.15, 0.2) is 0 Å². The number of nitrogens with two attached hydrogens (primary N) is 1. The number of amides is 1. The Morgan fingerprint density at radius 1 is 1.19 bits per heavy atom. The molecule has 0 aliphatic carbocycles. The monoisotopic (exact) mass is 381 g/mol. The van der Waals surface area contributed by atoms with Gasteiger partial charge in [-0.05, 0) is 13.3 Å². The molecule has 1 spiro atoms. The smallest absolute Gasteiger partial charge is 0.220 e. The number of carbonyl (C=O) groups is 1. The highest BCUT2D eigenvalue weighted by Crippen LogP contribution is 2.37. The van der Waals surface area contributed by atoms with E-state index in [1.54, 1.807) is 0 Å². The summed E-state index contributed by atoms with van der Waals surface area (Å²) in [7, 11) is 0. The molecule has 27 heavy (non-hydrogen) atoms. The Bertz CT molecular complexity index is 497. The first-order valence-corrected chi connectivity index (χ1v) is 10.9. The predicted molar refractivity (Wildman–Crippen MR) is 109 cm³/mol. The van der Waals surface area contributed by atoms with Crippen molar-refractivity contribution < 1.29 is 9.28 Å². The minimum absolute atomic E-state index is 0.141. The average molecular weight is 382 g/mol. The van der Waals surface area contributed by atoms with E-state index in [1.807, 2.05) is 0 Å². The summed E-state index contributed by atoms with van der Waals surface area (Å²) in [5.41, 5.74) is 6.32. The van der Waals surface area contributed by atoms with Crippen molar-refractivity contribution >= 4 is 5.91 Å². The summed E-state index contributed by atoms with van der Waals surface area (Å²) in [4.78, 5) is 15.0. The molecular weight excluding hydrogens is 340 g/mol. The minimum Gasteiger partial charge on any atom is -0.347 e. The summed E-state index contributed by atoms with van der Waals surface area (Å²) in [6, 6.07) is 0. The molecule has 0 aromatic carbocycles. The van der Waals surface area contributed by atoms with E-state index in [-0.39, 0.29) is 11.4 Å². The van der Waals surface area contributed by atoms with Crippen molar-refractivity contribution in [2.24, 2.45) is 11.1 Å². The van der Waals surface area contributed by atoms with Crippen molar-refractivity contribution in [1.82, 2.24) is 20.9 Å². The van der Waals surface area contributed by atoms with Crippen molar-refractivity contribution in [1.29, 1.82) is 0 Å². The van der Waals surface area contributed by atoms with Crippen molar-refractivity contribution in [2.45, 2.75) is 38.6 Å². The summed E-state index contributed by atoms with van der Waals surface area (Å²) in [5, 5.41) is 10.5. The van der Waals surface area contributed by atoms with Crippen LogP contribution in [-0.2, 0) is 4.79 Å². The standard InChI is InChI=1S/C20H40N6O/c1-3-4-5-18(27)24-20(12-21)14-23-7-6-22-13-19(2)16-26(17-19)10-8-25(15-20)9-11-26/h22-23H,3-17,21H2,1-2H3/p+1. The van der Waals surface area contributed by atoms with E-state index in [9.17, 15) is 4.79 Å². The molecule has 0 aromatic rings. The highest BCUT2D eigenvalue weighted by atomic mass is 16.1. The lowest BCUT2D eigenvalue weighted by Gasteiger charge is -2.59. The topological polar surface area (TPSA) is 82.4 Å². The van der Waals surface area contributed by atoms with Crippen molar-refractivity contribution in [3.8, 4) is 0 Å². The molecule has 0 saturated carbocycles. The van der Waals surface area contributed by atoms with Gasteiger partial charge in [0.25, 0.3) is 0 Å². The second kappa shape index (κ2) is 8.74. The van der Waals surface area contributed by atoms with Gasteiger partial charge in [-0.25, -0.2) is 0 Å². The number of hydrogen-bond donors (Lipinski definition) is 4. The van der Waals surface area contributed by atoms with Crippen LogP contribution in [0.2, 0.25) is 0 Å². The van der Waals surface area contributed by atoms with Crippen molar-refractivity contribution in [3.05, 3.63) is 0 Å². The van der Waals surface area contributed by atoms with Gasteiger partial charge in [-0.3, -0.25) is 9.69 Å². The van der Waals surface area contributed by atoms with Gasteiger partial charge in [-0.1, -0.05) is 13.3 Å². The van der Waals surface area contributed by atoms with Crippen LogP contribution in [0, 0.1) is 5.41 Å². The number of nitrogens with one attached hydrogen (secondary N) is 3. The van der Waals surface area contributed by atoms with Crippen LogP contribution in [0.4, 0.5) is 0 Å². The van der Waals surface area contributed by atoms with E-state index in [1.165, 1.54) is 30.7 Å². The summed E-state index contributed by atoms with van der Waals surface area (Å²) in [5.74, 6) is 0.141. The zero-order valence-corrected chi connectivity index (χ0v) is 17.5. The lowest BCUT2D eigenvalue weighted by atomic mass is 9.78. The first-order valence-electron chi connectivity index (χ1n) is 10.9. The predicted octanol–water partition coefficient (Wildman–Crippen LogP) is -0.665. The Morgan fingerprint density at radius 3 is 2.48 bits per heavy atom. The number of unbranched alkanes of at least 4 members (excludes halogenated alkanes) is 1. The number of quaternary nitrogens is 1. The van der Waals surface area contributed by atoms with Crippen LogP contribution in [0.25, 0.3) is 0 Å². The van der Waals surface area contributed by atoms with Crippen LogP contribution < -0.4 is 21.7 Å². The third kappa shape index (κ3) is 5.21. The molecule has 5 saturated heterocycles. The normalized spacial score (nSPS) is 40.0. The SMILES string of the molecule is CCCCC(=O)NC1(CN)CNCCNCC2(C)C[N+]3(CCN(CC3)C1)C2. The average Bonchev–Trinajstić information content (AvgIpc) is 2.63. The fourth-order valence-electron chi connectivity index (χ4n) is 5.44. The molecule has 7 heteroatoms. The molecular formula is C20H41N6O+. The van der Waals surface area contributed by atoms with Crippen molar-refractivity contribution in [3.63, 3.8) is 0 Å². The van der Waals surface area contributed by atoms with Crippen LogP contribution in [-0.4, -0.2) is 99.4 Å². The molecule has 5 fully saturated rings. The molecule has 0 aromatic heterocycles. The van der Waals surface area contributed by atoms with Gasteiger partial charge in [0, 0.05) is 58.8 Å². The Labute approximate surface area is 165 Å². The molecule has 1 amide bonds. The van der Waals surface area contributed by atoms with Crippen LogP contribution in [0.1, 0.15) is 33.1 Å². The van der Waals surface area contributed by atoms with E-state index in [4.69, 9.17) is 5.73 Å². The molecule has 1 atom stereocenters. The molecule has 5 rings (SSSR count). The minimum atomic E-state index is -0.374. The second-order valence-electron chi connectivity index (χ2n) is 9.68. The van der Waals surface area contributed by atoms with E-state index < -0.39 is 0 Å². The summed E-state index contributed by atoms with van der Waals surface area (Å²) in [6.07, 6.45) is 2.57. The Morgan fingerprint density at radius 2 is 1.85 bits per heavy atom. The second-order valence-corrected chi connectivity index (χ2v) is 9.68. The Hall–Kier alpha value is -0.730. The Balaban J connectivity index is 1.67. The highest BCUT2D eigenvalue weighted by Gasteiger charge is 2.53. The van der Waals surface area contributed by atoms with E-state index in [2.05, 4.69) is 34.7 Å². The maximum absolute atomic E-state index is 12.5.